The van der Waals surface area contributed by atoms with Crippen molar-refractivity contribution in [2.24, 2.45) is 0 Å². The summed E-state index contributed by atoms with van der Waals surface area (Å²) in [6, 6.07) is 5.14. The van der Waals surface area contributed by atoms with E-state index in [0.717, 1.165) is 11.1 Å². The van der Waals surface area contributed by atoms with Crippen LogP contribution in [0.1, 0.15) is 15.9 Å². The first-order valence-electron chi connectivity index (χ1n) is 4.22. The van der Waals surface area contributed by atoms with Crippen LogP contribution >= 0.6 is 27.5 Å². The summed E-state index contributed by atoms with van der Waals surface area (Å²) in [7, 11) is 1.32. The Balaban J connectivity index is 3.08. The average Bonchev–Trinajstić information content (AvgIpc) is 2.26. The summed E-state index contributed by atoms with van der Waals surface area (Å²) >= 11 is 9.25. The molecule has 0 saturated heterocycles. The van der Waals surface area contributed by atoms with Gasteiger partial charge in [-0.2, -0.15) is 0 Å². The number of esters is 1. The highest BCUT2D eigenvalue weighted by atomic mass is 79.9. The van der Waals surface area contributed by atoms with E-state index in [0.29, 0.717) is 15.9 Å². The minimum Gasteiger partial charge on any atom is -0.465 e. The van der Waals surface area contributed by atoms with Crippen LogP contribution in [0.15, 0.2) is 24.8 Å². The van der Waals surface area contributed by atoms with Gasteiger partial charge >= 0.3 is 5.97 Å². The third-order valence-corrected chi connectivity index (χ3v) is 2.93. The summed E-state index contributed by atoms with van der Waals surface area (Å²) < 4.78 is 4.59. The molecule has 0 amide bonds. The van der Waals surface area contributed by atoms with Crippen LogP contribution in [0.4, 0.5) is 0 Å². The summed E-state index contributed by atoms with van der Waals surface area (Å²) in [6.45, 7) is 3.86. The number of hydrogen-bond donors (Lipinski definition) is 0. The third-order valence-electron chi connectivity index (χ3n) is 1.94. The van der Waals surface area contributed by atoms with Crippen molar-refractivity contribution < 1.29 is 9.53 Å². The first-order chi connectivity index (χ1) is 7.10. The Morgan fingerprint density at radius 1 is 1.60 bits per heavy atom. The predicted octanol–water partition coefficient (Wildman–Crippen LogP) is 3.53. The van der Waals surface area contributed by atoms with E-state index in [1.807, 2.05) is 0 Å². The second-order valence-electron chi connectivity index (χ2n) is 2.92. The Kier molecular flexibility index (Phi) is 4.36. The zero-order valence-corrected chi connectivity index (χ0v) is 10.6. The van der Waals surface area contributed by atoms with Crippen molar-refractivity contribution in [2.75, 3.05) is 12.4 Å². The Labute approximate surface area is 102 Å². The van der Waals surface area contributed by atoms with Crippen LogP contribution in [0, 0.1) is 0 Å². The molecule has 0 heterocycles. The van der Waals surface area contributed by atoms with Crippen molar-refractivity contribution >= 4 is 39.1 Å². The zero-order chi connectivity index (χ0) is 11.4. The summed E-state index contributed by atoms with van der Waals surface area (Å²) in [6.07, 6.45) is 0. The molecule has 15 heavy (non-hydrogen) atoms. The molecule has 0 N–H and O–H groups in total. The molecule has 0 bridgehead atoms. The maximum absolute atomic E-state index is 11.2. The molecule has 2 nitrogen and oxygen atoms in total. The fourth-order valence-corrected chi connectivity index (χ4v) is 1.67. The Morgan fingerprint density at radius 2 is 2.27 bits per heavy atom. The number of halogens is 2. The van der Waals surface area contributed by atoms with Gasteiger partial charge in [0.2, 0.25) is 0 Å². The van der Waals surface area contributed by atoms with Crippen molar-refractivity contribution in [3.05, 3.63) is 40.9 Å². The SMILES string of the molecule is C=C(CBr)c1ccc(C(=O)OC)c(Cl)c1. The molecule has 80 valence electrons. The van der Waals surface area contributed by atoms with E-state index in [1.54, 1.807) is 18.2 Å². The minimum absolute atomic E-state index is 0.366. The molecule has 1 rings (SSSR count). The van der Waals surface area contributed by atoms with E-state index in [4.69, 9.17) is 11.6 Å². The zero-order valence-electron chi connectivity index (χ0n) is 8.22. The van der Waals surface area contributed by atoms with Gasteiger partial charge in [-0.25, -0.2) is 4.79 Å². The summed E-state index contributed by atoms with van der Waals surface area (Å²) in [4.78, 5) is 11.2. The molecule has 0 saturated carbocycles. The van der Waals surface area contributed by atoms with E-state index in [-0.39, 0.29) is 0 Å². The average molecular weight is 290 g/mol. The number of alkyl halides is 1. The minimum atomic E-state index is -0.434. The fraction of sp³-hybridized carbons (Fsp3) is 0.182. The van der Waals surface area contributed by atoms with Gasteiger partial charge in [-0.3, -0.25) is 0 Å². The standard InChI is InChI=1S/C11H10BrClO2/c1-7(6-12)8-3-4-9(10(13)5-8)11(14)15-2/h3-5H,1,6H2,2H3. The normalized spacial score (nSPS) is 9.80. The van der Waals surface area contributed by atoms with Crippen LogP contribution < -0.4 is 0 Å². The van der Waals surface area contributed by atoms with Crippen LogP contribution in [0.25, 0.3) is 5.57 Å². The predicted molar refractivity (Wildman–Crippen MR) is 65.6 cm³/mol. The van der Waals surface area contributed by atoms with Gasteiger partial charge in [-0.1, -0.05) is 40.2 Å². The number of methoxy groups -OCH3 is 1. The van der Waals surface area contributed by atoms with Gasteiger partial charge < -0.3 is 4.74 Å². The van der Waals surface area contributed by atoms with Crippen molar-refractivity contribution in [3.63, 3.8) is 0 Å². The van der Waals surface area contributed by atoms with E-state index in [2.05, 4.69) is 27.2 Å². The first-order valence-corrected chi connectivity index (χ1v) is 5.72. The Bertz CT molecular complexity index is 402. The summed E-state index contributed by atoms with van der Waals surface area (Å²) in [5.41, 5.74) is 2.18. The van der Waals surface area contributed by atoms with E-state index in [9.17, 15) is 4.79 Å². The van der Waals surface area contributed by atoms with Crippen LogP contribution in [0.5, 0.6) is 0 Å². The van der Waals surface area contributed by atoms with Gasteiger partial charge in [-0.05, 0) is 23.3 Å². The second-order valence-corrected chi connectivity index (χ2v) is 3.89. The number of ether oxygens (including phenoxy) is 1. The molecular weight excluding hydrogens is 279 g/mol. The number of carbonyl (C=O) groups is 1. The molecule has 0 spiro atoms. The number of allylic oxidation sites excluding steroid dienone is 1. The van der Waals surface area contributed by atoms with Crippen molar-refractivity contribution in [2.45, 2.75) is 0 Å². The lowest BCUT2D eigenvalue weighted by atomic mass is 10.1. The van der Waals surface area contributed by atoms with Crippen LogP contribution in [0.2, 0.25) is 5.02 Å². The van der Waals surface area contributed by atoms with Crippen molar-refractivity contribution in [1.82, 2.24) is 0 Å². The van der Waals surface area contributed by atoms with Crippen LogP contribution in [0.3, 0.4) is 0 Å². The van der Waals surface area contributed by atoms with Crippen LogP contribution in [-0.4, -0.2) is 18.4 Å². The molecule has 0 aliphatic carbocycles. The van der Waals surface area contributed by atoms with Crippen molar-refractivity contribution in [3.8, 4) is 0 Å². The molecule has 0 fully saturated rings. The molecule has 0 aliphatic heterocycles. The molecule has 4 heteroatoms. The van der Waals surface area contributed by atoms with Gasteiger partial charge in [0, 0.05) is 5.33 Å². The first kappa shape index (κ1) is 12.3. The van der Waals surface area contributed by atoms with Gasteiger partial charge in [-0.15, -0.1) is 0 Å². The summed E-state index contributed by atoms with van der Waals surface area (Å²) in [5, 5.41) is 1.04. The molecule has 1 aromatic carbocycles. The quantitative estimate of drug-likeness (QED) is 0.628. The van der Waals surface area contributed by atoms with E-state index in [1.165, 1.54) is 7.11 Å². The maximum Gasteiger partial charge on any atom is 0.339 e. The van der Waals surface area contributed by atoms with Crippen molar-refractivity contribution in [1.29, 1.82) is 0 Å². The Hall–Kier alpha value is -0.800. The largest absolute Gasteiger partial charge is 0.465 e. The molecular formula is C11H10BrClO2. The fourth-order valence-electron chi connectivity index (χ4n) is 1.09. The highest BCUT2D eigenvalue weighted by Gasteiger charge is 2.11. The molecule has 0 radical (unpaired) electrons. The lowest BCUT2D eigenvalue weighted by Crippen LogP contribution is -2.02. The van der Waals surface area contributed by atoms with Gasteiger partial charge in [0.1, 0.15) is 0 Å². The lowest BCUT2D eigenvalue weighted by Gasteiger charge is -2.06. The highest BCUT2D eigenvalue weighted by Crippen LogP contribution is 2.23. The molecule has 0 aliphatic rings. The molecule has 0 aromatic heterocycles. The molecule has 0 unspecified atom stereocenters. The van der Waals surface area contributed by atoms with E-state index >= 15 is 0 Å². The number of hydrogen-bond acceptors (Lipinski definition) is 2. The smallest absolute Gasteiger partial charge is 0.339 e. The Morgan fingerprint density at radius 3 is 2.73 bits per heavy atom. The highest BCUT2D eigenvalue weighted by molar-refractivity contribution is 9.09. The molecule has 1 aromatic rings. The monoisotopic (exact) mass is 288 g/mol. The lowest BCUT2D eigenvalue weighted by molar-refractivity contribution is 0.0601. The van der Waals surface area contributed by atoms with Crippen LogP contribution in [-0.2, 0) is 4.74 Å². The van der Waals surface area contributed by atoms with E-state index < -0.39 is 5.97 Å². The van der Waals surface area contributed by atoms with Gasteiger partial charge in [0.05, 0.1) is 17.7 Å². The topological polar surface area (TPSA) is 26.3 Å². The maximum atomic E-state index is 11.2. The number of carbonyl (C=O) groups excluding carboxylic acids is 1. The number of rotatable bonds is 3. The second kappa shape index (κ2) is 5.33. The molecule has 0 atom stereocenters. The number of benzene rings is 1. The van der Waals surface area contributed by atoms with Gasteiger partial charge in [0.25, 0.3) is 0 Å². The third kappa shape index (κ3) is 2.83. The van der Waals surface area contributed by atoms with Gasteiger partial charge in [0.15, 0.2) is 0 Å². The summed E-state index contributed by atoms with van der Waals surface area (Å²) in [5.74, 6) is -0.434.